The van der Waals surface area contributed by atoms with E-state index in [9.17, 15) is 18.0 Å². The minimum Gasteiger partial charge on any atom is -0.475 e. The number of nitrogens with one attached hydrogen (secondary N) is 2. The number of aliphatic carboxylic acids is 1. The number of aliphatic hydroxyl groups is 1. The smallest absolute Gasteiger partial charge is 0.475 e. The number of ether oxygens (including phenoxy) is 1. The number of nitrogens with zero attached hydrogens (tertiary/aromatic N) is 4. The SMILES string of the molecule is CCc1nc2c(cnn2CC)c(NC2CCOCC2)c1CNC(=O)CCCCCCCN(C)CCO.O=C(O)C(F)(F)F. The minimum absolute atomic E-state index is 0.0982. The standard InChI is InChI=1S/C27H46N6O3.C2HF3O2/c1-4-24-22(19-28-25(35)11-9-7-6-8-10-14-32(3)15-16-34)26(30-21-12-17-36-18-13-21)23-20-29-33(5-2)27(23)31-24;3-2(4,5)1(6)7/h20-21,34H,4-19H2,1-3H3,(H,28,35)(H,30,31);(H,6,7). The molecule has 11 nitrogen and oxygen atoms in total. The molecule has 3 rings (SSSR count). The third-order valence-electron chi connectivity index (χ3n) is 7.31. The highest BCUT2D eigenvalue weighted by Crippen LogP contribution is 2.31. The van der Waals surface area contributed by atoms with E-state index in [-0.39, 0.29) is 12.5 Å². The van der Waals surface area contributed by atoms with Gasteiger partial charge in [0.2, 0.25) is 5.91 Å². The molecule has 43 heavy (non-hydrogen) atoms. The van der Waals surface area contributed by atoms with Gasteiger partial charge in [0, 0.05) is 56.6 Å². The van der Waals surface area contributed by atoms with Crippen molar-refractivity contribution < 1.29 is 37.7 Å². The van der Waals surface area contributed by atoms with Crippen molar-refractivity contribution in [1.29, 1.82) is 0 Å². The predicted octanol–water partition coefficient (Wildman–Crippen LogP) is 4.12. The topological polar surface area (TPSA) is 142 Å². The molecule has 2 aromatic heterocycles. The van der Waals surface area contributed by atoms with Crippen LogP contribution in [0, 0.1) is 0 Å². The van der Waals surface area contributed by atoms with Crippen molar-refractivity contribution in [2.75, 3.05) is 45.3 Å². The van der Waals surface area contributed by atoms with Crippen LogP contribution in [-0.4, -0.2) is 93.9 Å². The van der Waals surface area contributed by atoms with Crippen LogP contribution in [0.25, 0.3) is 11.0 Å². The van der Waals surface area contributed by atoms with E-state index in [2.05, 4.69) is 34.5 Å². The number of anilines is 1. The lowest BCUT2D eigenvalue weighted by Crippen LogP contribution is -2.30. The normalized spacial score (nSPS) is 14.0. The Morgan fingerprint density at radius 2 is 1.77 bits per heavy atom. The Kier molecular flexibility index (Phi) is 15.7. The fourth-order valence-electron chi connectivity index (χ4n) is 4.86. The second-order valence-electron chi connectivity index (χ2n) is 10.6. The molecule has 3 heterocycles. The summed E-state index contributed by atoms with van der Waals surface area (Å²) in [5.41, 5.74) is 4.06. The van der Waals surface area contributed by atoms with E-state index in [1.165, 1.54) is 0 Å². The Labute approximate surface area is 251 Å². The molecule has 2 aromatic rings. The van der Waals surface area contributed by atoms with Crippen molar-refractivity contribution in [1.82, 2.24) is 25.0 Å². The average Bonchev–Trinajstić information content (AvgIpc) is 3.39. The van der Waals surface area contributed by atoms with Crippen molar-refractivity contribution in [3.63, 3.8) is 0 Å². The van der Waals surface area contributed by atoms with Gasteiger partial charge in [-0.3, -0.25) is 4.79 Å². The van der Waals surface area contributed by atoms with Crippen molar-refractivity contribution >= 4 is 28.6 Å². The lowest BCUT2D eigenvalue weighted by atomic mass is 10.0. The number of carbonyl (C=O) groups is 2. The Morgan fingerprint density at radius 3 is 2.37 bits per heavy atom. The first-order valence-corrected chi connectivity index (χ1v) is 15.1. The molecular weight excluding hydrogens is 569 g/mol. The third-order valence-corrected chi connectivity index (χ3v) is 7.31. The van der Waals surface area contributed by atoms with E-state index in [0.717, 1.165) is 112 Å². The highest BCUT2D eigenvalue weighted by molar-refractivity contribution is 5.92. The molecule has 0 aliphatic carbocycles. The quantitative estimate of drug-likeness (QED) is 0.205. The van der Waals surface area contributed by atoms with Crippen LogP contribution in [0.1, 0.15) is 76.5 Å². The van der Waals surface area contributed by atoms with Gasteiger partial charge in [-0.15, -0.1) is 0 Å². The van der Waals surface area contributed by atoms with Crippen LogP contribution in [0.2, 0.25) is 0 Å². The van der Waals surface area contributed by atoms with Gasteiger partial charge in [-0.05, 0) is 52.6 Å². The van der Waals surface area contributed by atoms with Gasteiger partial charge >= 0.3 is 12.1 Å². The molecule has 0 aromatic carbocycles. The fraction of sp³-hybridized carbons (Fsp3) is 0.724. The molecule has 0 bridgehead atoms. The molecule has 0 atom stereocenters. The van der Waals surface area contributed by atoms with E-state index < -0.39 is 12.1 Å². The second-order valence-corrected chi connectivity index (χ2v) is 10.6. The maximum Gasteiger partial charge on any atom is 0.490 e. The Balaban J connectivity index is 0.000000821. The van der Waals surface area contributed by atoms with Gasteiger partial charge in [-0.25, -0.2) is 14.5 Å². The number of carbonyl (C=O) groups excluding carboxylic acids is 1. The van der Waals surface area contributed by atoms with Crippen LogP contribution < -0.4 is 10.6 Å². The zero-order valence-electron chi connectivity index (χ0n) is 25.5. The molecule has 0 unspecified atom stereocenters. The van der Waals surface area contributed by atoms with Crippen LogP contribution in [0.3, 0.4) is 0 Å². The molecule has 1 fully saturated rings. The lowest BCUT2D eigenvalue weighted by Gasteiger charge is -2.26. The summed E-state index contributed by atoms with van der Waals surface area (Å²) in [4.78, 5) is 28.7. The molecule has 0 saturated carbocycles. The largest absolute Gasteiger partial charge is 0.490 e. The average molecular weight is 617 g/mol. The van der Waals surface area contributed by atoms with Gasteiger partial charge in [0.25, 0.3) is 0 Å². The number of hydrogen-bond acceptors (Lipinski definition) is 8. The molecule has 14 heteroatoms. The number of carboxylic acid groups (broad SMARTS) is 1. The molecular formula is C29H47F3N6O5. The van der Waals surface area contributed by atoms with Gasteiger partial charge in [0.15, 0.2) is 5.65 Å². The Morgan fingerprint density at radius 1 is 1.12 bits per heavy atom. The monoisotopic (exact) mass is 616 g/mol. The first-order valence-electron chi connectivity index (χ1n) is 15.1. The molecule has 1 amide bonds. The number of rotatable bonds is 16. The molecule has 0 radical (unpaired) electrons. The molecule has 4 N–H and O–H groups in total. The Bertz CT molecular complexity index is 1140. The van der Waals surface area contributed by atoms with E-state index in [0.29, 0.717) is 19.0 Å². The number of unbranched alkanes of at least 4 members (excludes halogenated alkanes) is 4. The number of amides is 1. The van der Waals surface area contributed by atoms with Gasteiger partial charge < -0.3 is 30.5 Å². The number of pyridine rings is 1. The maximum atomic E-state index is 12.7. The maximum absolute atomic E-state index is 12.7. The molecule has 244 valence electrons. The van der Waals surface area contributed by atoms with E-state index >= 15 is 0 Å². The summed E-state index contributed by atoms with van der Waals surface area (Å²) in [6.45, 7) is 8.94. The number of hydrogen-bond donors (Lipinski definition) is 4. The molecule has 1 saturated heterocycles. The van der Waals surface area contributed by atoms with E-state index in [4.69, 9.17) is 24.7 Å². The van der Waals surface area contributed by atoms with Crippen molar-refractivity contribution in [3.8, 4) is 0 Å². The van der Waals surface area contributed by atoms with Crippen LogP contribution in [-0.2, 0) is 33.8 Å². The van der Waals surface area contributed by atoms with E-state index in [1.807, 2.05) is 17.9 Å². The number of aryl methyl sites for hydroxylation is 2. The molecule has 0 spiro atoms. The number of likely N-dealkylation sites (N-methyl/N-ethyl adjacent to an activating group) is 1. The summed E-state index contributed by atoms with van der Waals surface area (Å²) < 4.78 is 39.2. The molecule has 1 aliphatic heterocycles. The second kappa shape index (κ2) is 18.6. The van der Waals surface area contributed by atoms with Gasteiger partial charge in [0.1, 0.15) is 0 Å². The van der Waals surface area contributed by atoms with Gasteiger partial charge in [-0.2, -0.15) is 18.3 Å². The number of aromatic nitrogens is 3. The highest BCUT2D eigenvalue weighted by Gasteiger charge is 2.38. The van der Waals surface area contributed by atoms with Gasteiger partial charge in [0.05, 0.1) is 23.9 Å². The summed E-state index contributed by atoms with van der Waals surface area (Å²) in [6.07, 6.45) is 5.52. The van der Waals surface area contributed by atoms with Crippen LogP contribution in [0.4, 0.5) is 18.9 Å². The fourth-order valence-corrected chi connectivity index (χ4v) is 4.86. The van der Waals surface area contributed by atoms with Crippen molar-refractivity contribution in [2.24, 2.45) is 0 Å². The number of alkyl halides is 3. The molecule has 1 aliphatic rings. The minimum atomic E-state index is -5.08. The van der Waals surface area contributed by atoms with Crippen LogP contribution in [0.5, 0.6) is 0 Å². The summed E-state index contributed by atoms with van der Waals surface area (Å²) in [5.74, 6) is -2.66. The first-order chi connectivity index (χ1) is 20.5. The number of carboxylic acids is 1. The van der Waals surface area contributed by atoms with Crippen LogP contribution >= 0.6 is 0 Å². The van der Waals surface area contributed by atoms with Crippen molar-refractivity contribution in [2.45, 2.75) is 96.9 Å². The number of halogens is 3. The summed E-state index contributed by atoms with van der Waals surface area (Å²) in [6, 6.07) is 0.344. The highest BCUT2D eigenvalue weighted by atomic mass is 19.4. The zero-order chi connectivity index (χ0) is 31.8. The number of aliphatic hydroxyl groups excluding tert-OH is 1. The van der Waals surface area contributed by atoms with E-state index in [1.54, 1.807) is 0 Å². The summed E-state index contributed by atoms with van der Waals surface area (Å²) in [7, 11) is 2.04. The Hall–Kier alpha value is -2.97. The zero-order valence-corrected chi connectivity index (χ0v) is 25.5. The summed E-state index contributed by atoms with van der Waals surface area (Å²) in [5, 5.41) is 28.6. The summed E-state index contributed by atoms with van der Waals surface area (Å²) >= 11 is 0. The van der Waals surface area contributed by atoms with Crippen molar-refractivity contribution in [3.05, 3.63) is 17.5 Å². The van der Waals surface area contributed by atoms with Crippen LogP contribution in [0.15, 0.2) is 6.20 Å². The number of fused-ring (bicyclic) bond motifs is 1. The first kappa shape index (κ1) is 36.2. The predicted molar refractivity (Wildman–Crippen MR) is 158 cm³/mol. The van der Waals surface area contributed by atoms with Gasteiger partial charge in [-0.1, -0.05) is 26.2 Å². The third kappa shape index (κ3) is 12.3. The lowest BCUT2D eigenvalue weighted by molar-refractivity contribution is -0.192.